The first-order valence-electron chi connectivity index (χ1n) is 6.31. The number of nitrogens with zero attached hydrogens (tertiary/aromatic N) is 1. The molecule has 0 saturated heterocycles. The van der Waals surface area contributed by atoms with Crippen molar-refractivity contribution in [1.29, 1.82) is 0 Å². The molecule has 3 heteroatoms. The molecular weight excluding hydrogens is 258 g/mol. The molecule has 2 aromatic carbocycles. The molecule has 0 aliphatic heterocycles. The van der Waals surface area contributed by atoms with Crippen LogP contribution >= 0.6 is 11.8 Å². The van der Waals surface area contributed by atoms with Gasteiger partial charge in [0.15, 0.2) is 0 Å². The van der Waals surface area contributed by atoms with E-state index in [2.05, 4.69) is 19.1 Å². The number of benzene rings is 2. The van der Waals surface area contributed by atoms with Gasteiger partial charge in [0.1, 0.15) is 5.75 Å². The highest BCUT2D eigenvalue weighted by Gasteiger charge is 2.13. The largest absolute Gasteiger partial charge is 0.497 e. The van der Waals surface area contributed by atoms with E-state index in [1.165, 1.54) is 11.1 Å². The summed E-state index contributed by atoms with van der Waals surface area (Å²) in [6.45, 7) is 2.81. The summed E-state index contributed by atoms with van der Waals surface area (Å²) in [5.74, 6) is 0.861. The molecule has 2 aromatic rings. The molecule has 1 atom stereocenters. The molecule has 0 radical (unpaired) electrons. The molecule has 2 nitrogen and oxygen atoms in total. The van der Waals surface area contributed by atoms with Crippen LogP contribution in [0.2, 0.25) is 0 Å². The van der Waals surface area contributed by atoms with Crippen molar-refractivity contribution in [1.82, 2.24) is 4.42 Å². The Labute approximate surface area is 119 Å². The van der Waals surface area contributed by atoms with Crippen LogP contribution in [0.3, 0.4) is 0 Å². The average Bonchev–Trinajstić information content (AvgIpc) is 2.47. The van der Waals surface area contributed by atoms with Crippen LogP contribution in [-0.4, -0.2) is 11.5 Å². The number of halogens is 1. The summed E-state index contributed by atoms with van der Waals surface area (Å²) in [7, 11) is 1.67. The van der Waals surface area contributed by atoms with Gasteiger partial charge in [0, 0.05) is 12.6 Å². The third kappa shape index (κ3) is 3.72. The molecule has 0 saturated carbocycles. The van der Waals surface area contributed by atoms with E-state index in [-0.39, 0.29) is 6.04 Å². The van der Waals surface area contributed by atoms with Gasteiger partial charge in [-0.2, -0.15) is 0 Å². The maximum Gasteiger partial charge on any atom is 0.118 e. The van der Waals surface area contributed by atoms with E-state index in [1.54, 1.807) is 7.11 Å². The molecule has 1 unspecified atom stereocenters. The number of hydrogen-bond donors (Lipinski definition) is 0. The Bertz CT molecular complexity index is 498. The molecule has 0 heterocycles. The van der Waals surface area contributed by atoms with Crippen LogP contribution in [0.1, 0.15) is 24.1 Å². The summed E-state index contributed by atoms with van der Waals surface area (Å²) in [5, 5.41) is 0. The first kappa shape index (κ1) is 13.9. The smallest absolute Gasteiger partial charge is 0.118 e. The number of rotatable bonds is 5. The van der Waals surface area contributed by atoms with E-state index in [1.807, 2.05) is 46.9 Å². The lowest BCUT2D eigenvalue weighted by Crippen LogP contribution is -2.16. The lowest BCUT2D eigenvalue weighted by atomic mass is 10.1. The van der Waals surface area contributed by atoms with E-state index in [4.69, 9.17) is 16.5 Å². The maximum absolute atomic E-state index is 6.38. The van der Waals surface area contributed by atoms with Crippen molar-refractivity contribution in [2.45, 2.75) is 19.5 Å². The van der Waals surface area contributed by atoms with Gasteiger partial charge in [-0.3, -0.25) is 0 Å². The second kappa shape index (κ2) is 6.60. The second-order valence-electron chi connectivity index (χ2n) is 4.49. The summed E-state index contributed by atoms with van der Waals surface area (Å²) in [4.78, 5) is 0. The Morgan fingerprint density at radius 2 is 1.68 bits per heavy atom. The summed E-state index contributed by atoms with van der Waals surface area (Å²) < 4.78 is 6.98. The van der Waals surface area contributed by atoms with Crippen molar-refractivity contribution in [3.05, 3.63) is 65.7 Å². The van der Waals surface area contributed by atoms with Crippen LogP contribution in [0.5, 0.6) is 5.75 Å². The molecular formula is C16H18ClNO. The number of ether oxygens (including phenoxy) is 1. The highest BCUT2D eigenvalue weighted by atomic mass is 35.5. The molecule has 0 aliphatic rings. The van der Waals surface area contributed by atoms with Gasteiger partial charge in [0.25, 0.3) is 0 Å². The Morgan fingerprint density at radius 1 is 1.05 bits per heavy atom. The number of methoxy groups -OCH3 is 1. The first-order chi connectivity index (χ1) is 9.20. The fourth-order valence-corrected chi connectivity index (χ4v) is 2.19. The van der Waals surface area contributed by atoms with Crippen LogP contribution in [0.4, 0.5) is 0 Å². The van der Waals surface area contributed by atoms with Crippen LogP contribution in [0.15, 0.2) is 54.6 Å². The van der Waals surface area contributed by atoms with Gasteiger partial charge in [-0.1, -0.05) is 42.5 Å². The lowest BCUT2D eigenvalue weighted by molar-refractivity contribution is 0.361. The topological polar surface area (TPSA) is 12.5 Å². The molecule has 0 aromatic heterocycles. The van der Waals surface area contributed by atoms with E-state index in [0.717, 1.165) is 12.3 Å². The van der Waals surface area contributed by atoms with Crippen molar-refractivity contribution in [2.24, 2.45) is 0 Å². The van der Waals surface area contributed by atoms with E-state index in [9.17, 15) is 0 Å². The molecule has 0 bridgehead atoms. The molecule has 2 rings (SSSR count). The van der Waals surface area contributed by atoms with Crippen molar-refractivity contribution in [3.8, 4) is 5.75 Å². The summed E-state index contributed by atoms with van der Waals surface area (Å²) in [5.41, 5.74) is 2.38. The minimum Gasteiger partial charge on any atom is -0.497 e. The zero-order valence-electron chi connectivity index (χ0n) is 11.2. The second-order valence-corrected chi connectivity index (χ2v) is 4.93. The molecule has 19 heavy (non-hydrogen) atoms. The van der Waals surface area contributed by atoms with E-state index < -0.39 is 0 Å². The lowest BCUT2D eigenvalue weighted by Gasteiger charge is -2.22. The Hall–Kier alpha value is -1.51. The van der Waals surface area contributed by atoms with Gasteiger partial charge in [-0.25, -0.2) is 4.42 Å². The third-order valence-electron chi connectivity index (χ3n) is 3.19. The molecule has 0 aliphatic carbocycles. The quantitative estimate of drug-likeness (QED) is 0.750. The van der Waals surface area contributed by atoms with Crippen molar-refractivity contribution < 1.29 is 4.74 Å². The van der Waals surface area contributed by atoms with Crippen molar-refractivity contribution >= 4 is 11.8 Å². The van der Waals surface area contributed by atoms with Crippen LogP contribution in [0, 0.1) is 0 Å². The predicted molar refractivity (Wildman–Crippen MR) is 79.2 cm³/mol. The van der Waals surface area contributed by atoms with Crippen LogP contribution < -0.4 is 4.74 Å². The fourth-order valence-electron chi connectivity index (χ4n) is 1.94. The minimum atomic E-state index is 0.146. The van der Waals surface area contributed by atoms with Crippen LogP contribution in [-0.2, 0) is 6.54 Å². The molecule has 100 valence electrons. The zero-order chi connectivity index (χ0) is 13.7. The van der Waals surface area contributed by atoms with Crippen molar-refractivity contribution in [2.75, 3.05) is 7.11 Å². The maximum atomic E-state index is 6.38. The SMILES string of the molecule is COc1ccc(C(C)N(Cl)Cc2ccccc2)cc1. The van der Waals surface area contributed by atoms with Gasteiger partial charge in [-0.05, 0) is 42.0 Å². The highest BCUT2D eigenvalue weighted by Crippen LogP contribution is 2.25. The monoisotopic (exact) mass is 275 g/mol. The summed E-state index contributed by atoms with van der Waals surface area (Å²) >= 11 is 6.38. The fraction of sp³-hybridized carbons (Fsp3) is 0.250. The molecule has 0 fully saturated rings. The number of hydrogen-bond acceptors (Lipinski definition) is 2. The first-order valence-corrected chi connectivity index (χ1v) is 6.65. The van der Waals surface area contributed by atoms with Gasteiger partial charge in [-0.15, -0.1) is 0 Å². The van der Waals surface area contributed by atoms with Gasteiger partial charge < -0.3 is 4.74 Å². The Kier molecular flexibility index (Phi) is 4.83. The van der Waals surface area contributed by atoms with Gasteiger partial charge >= 0.3 is 0 Å². The third-order valence-corrected chi connectivity index (χ3v) is 3.61. The standard InChI is InChI=1S/C16H18ClNO/c1-13(15-8-10-16(19-2)11-9-15)18(17)12-14-6-4-3-5-7-14/h3-11,13H,12H2,1-2H3. The Balaban J connectivity index is 2.03. The highest BCUT2D eigenvalue weighted by molar-refractivity contribution is 6.13. The molecule has 0 N–H and O–H groups in total. The van der Waals surface area contributed by atoms with E-state index in [0.29, 0.717) is 0 Å². The summed E-state index contributed by atoms with van der Waals surface area (Å²) in [6.07, 6.45) is 0. The predicted octanol–water partition coefficient (Wildman–Crippen LogP) is 4.41. The average molecular weight is 276 g/mol. The van der Waals surface area contributed by atoms with Gasteiger partial charge in [0.2, 0.25) is 0 Å². The Morgan fingerprint density at radius 3 is 2.26 bits per heavy atom. The zero-order valence-corrected chi connectivity index (χ0v) is 12.0. The van der Waals surface area contributed by atoms with Crippen LogP contribution in [0.25, 0.3) is 0 Å². The minimum absolute atomic E-state index is 0.146. The van der Waals surface area contributed by atoms with Gasteiger partial charge in [0.05, 0.1) is 7.11 Å². The summed E-state index contributed by atoms with van der Waals surface area (Å²) in [6, 6.07) is 18.4. The molecule has 0 spiro atoms. The molecule has 0 amide bonds. The normalized spacial score (nSPS) is 12.4. The van der Waals surface area contributed by atoms with E-state index >= 15 is 0 Å². The van der Waals surface area contributed by atoms with Crippen molar-refractivity contribution in [3.63, 3.8) is 0 Å².